The predicted molar refractivity (Wildman–Crippen MR) is 80.3 cm³/mol. The first-order valence-corrected chi connectivity index (χ1v) is 10.1. The second-order valence-corrected chi connectivity index (χ2v) is 9.81. The van der Waals surface area contributed by atoms with Crippen LogP contribution in [-0.2, 0) is 16.3 Å². The number of para-hydroxylation sites is 1. The maximum Gasteiger partial charge on any atom is 0.297 e. The molecule has 0 bridgehead atoms. The maximum atomic E-state index is 5.86. The lowest BCUT2D eigenvalue weighted by molar-refractivity contribution is 0.344. The molecule has 0 N–H and O–H groups in total. The molecule has 0 aliphatic heterocycles. The van der Waals surface area contributed by atoms with Crippen LogP contribution >= 0.6 is 17.1 Å². The molecule has 0 aliphatic rings. The standard InChI is InChI=1S/C12H19O2PS2/c1-3-5-11-17-15(16,13-4-2)14-12-9-7-6-8-10-12/h6-10H,3-5,11H2,1-2H3. The van der Waals surface area contributed by atoms with Gasteiger partial charge in [-0.25, -0.2) is 0 Å². The predicted octanol–water partition coefficient (Wildman–Crippen LogP) is 4.86. The third-order valence-electron chi connectivity index (χ3n) is 1.99. The number of hydrogen-bond acceptors (Lipinski definition) is 4. The van der Waals surface area contributed by atoms with Crippen molar-refractivity contribution in [1.82, 2.24) is 0 Å². The van der Waals surface area contributed by atoms with Crippen LogP contribution in [0.1, 0.15) is 26.7 Å². The molecular weight excluding hydrogens is 271 g/mol. The van der Waals surface area contributed by atoms with Crippen molar-refractivity contribution in [2.75, 3.05) is 12.4 Å². The molecule has 2 nitrogen and oxygen atoms in total. The van der Waals surface area contributed by atoms with Crippen LogP contribution < -0.4 is 4.52 Å². The van der Waals surface area contributed by atoms with Gasteiger partial charge in [-0.3, -0.25) is 0 Å². The van der Waals surface area contributed by atoms with Crippen LogP contribution in [0.3, 0.4) is 0 Å². The summed E-state index contributed by atoms with van der Waals surface area (Å²) in [5.74, 6) is 1.80. The molecule has 17 heavy (non-hydrogen) atoms. The summed E-state index contributed by atoms with van der Waals surface area (Å²) >= 11 is 7.18. The molecular formula is C12H19O2PS2. The molecule has 1 unspecified atom stereocenters. The summed E-state index contributed by atoms with van der Waals surface area (Å²) in [6.07, 6.45) is 2.31. The van der Waals surface area contributed by atoms with Crippen molar-refractivity contribution < 1.29 is 9.05 Å². The van der Waals surface area contributed by atoms with Crippen LogP contribution in [0.2, 0.25) is 0 Å². The average molecular weight is 290 g/mol. The van der Waals surface area contributed by atoms with Gasteiger partial charge in [-0.15, -0.1) is 0 Å². The van der Waals surface area contributed by atoms with E-state index in [4.69, 9.17) is 20.9 Å². The zero-order valence-electron chi connectivity index (χ0n) is 10.3. The minimum atomic E-state index is -2.22. The van der Waals surface area contributed by atoms with E-state index in [0.717, 1.165) is 17.9 Å². The summed E-state index contributed by atoms with van der Waals surface area (Å²) in [7, 11) is 0. The first-order valence-electron chi connectivity index (χ1n) is 5.84. The third-order valence-corrected chi connectivity index (χ3v) is 7.32. The van der Waals surface area contributed by atoms with Gasteiger partial charge in [0.1, 0.15) is 5.75 Å². The van der Waals surface area contributed by atoms with Crippen molar-refractivity contribution >= 4 is 28.9 Å². The summed E-state index contributed by atoms with van der Waals surface area (Å²) in [6.45, 7) is 4.72. The van der Waals surface area contributed by atoms with Gasteiger partial charge in [0.2, 0.25) is 0 Å². The van der Waals surface area contributed by atoms with E-state index < -0.39 is 5.69 Å². The fourth-order valence-electron chi connectivity index (χ4n) is 1.18. The zero-order chi connectivity index (χ0) is 12.6. The third kappa shape index (κ3) is 5.91. The molecule has 1 aromatic rings. The lowest BCUT2D eigenvalue weighted by Gasteiger charge is -2.21. The largest absolute Gasteiger partial charge is 0.436 e. The van der Waals surface area contributed by atoms with Gasteiger partial charge in [0.15, 0.2) is 0 Å². The molecule has 0 aromatic heterocycles. The fourth-order valence-corrected chi connectivity index (χ4v) is 5.96. The van der Waals surface area contributed by atoms with E-state index in [9.17, 15) is 0 Å². The Morgan fingerprint density at radius 3 is 2.53 bits per heavy atom. The Morgan fingerprint density at radius 2 is 1.94 bits per heavy atom. The molecule has 0 saturated heterocycles. The minimum absolute atomic E-state index is 0.600. The van der Waals surface area contributed by atoms with E-state index in [1.165, 1.54) is 6.42 Å². The van der Waals surface area contributed by atoms with Gasteiger partial charge in [0.05, 0.1) is 6.61 Å². The van der Waals surface area contributed by atoms with E-state index in [2.05, 4.69) is 6.92 Å². The van der Waals surface area contributed by atoms with E-state index in [0.29, 0.717) is 6.61 Å². The summed E-state index contributed by atoms with van der Waals surface area (Å²) in [4.78, 5) is 0. The molecule has 96 valence electrons. The average Bonchev–Trinajstić information content (AvgIpc) is 2.31. The highest BCUT2D eigenvalue weighted by atomic mass is 32.9. The van der Waals surface area contributed by atoms with Crippen LogP contribution in [0.5, 0.6) is 5.75 Å². The van der Waals surface area contributed by atoms with E-state index >= 15 is 0 Å². The number of benzene rings is 1. The lowest BCUT2D eigenvalue weighted by atomic mass is 10.3. The van der Waals surface area contributed by atoms with Crippen LogP contribution in [-0.4, -0.2) is 12.4 Å². The molecule has 0 amide bonds. The van der Waals surface area contributed by atoms with Crippen LogP contribution in [0.15, 0.2) is 30.3 Å². The first-order chi connectivity index (χ1) is 8.20. The quantitative estimate of drug-likeness (QED) is 0.502. The van der Waals surface area contributed by atoms with Gasteiger partial charge in [-0.2, -0.15) is 0 Å². The molecule has 1 atom stereocenters. The molecule has 0 radical (unpaired) electrons. The summed E-state index contributed by atoms with van der Waals surface area (Å²) in [5.41, 5.74) is -2.22. The van der Waals surface area contributed by atoms with E-state index in [1.807, 2.05) is 37.3 Å². The molecule has 0 saturated carbocycles. The van der Waals surface area contributed by atoms with Crippen LogP contribution in [0, 0.1) is 0 Å². The second-order valence-electron chi connectivity index (χ2n) is 3.46. The van der Waals surface area contributed by atoms with Crippen molar-refractivity contribution in [3.05, 3.63) is 30.3 Å². The molecule has 5 heteroatoms. The normalized spacial score (nSPS) is 14.2. The Balaban J connectivity index is 2.61. The fraction of sp³-hybridized carbons (Fsp3) is 0.500. The van der Waals surface area contributed by atoms with Gasteiger partial charge in [-0.1, -0.05) is 42.9 Å². The minimum Gasteiger partial charge on any atom is -0.436 e. The zero-order valence-corrected chi connectivity index (χ0v) is 12.8. The van der Waals surface area contributed by atoms with Gasteiger partial charge in [0, 0.05) is 5.75 Å². The molecule has 0 heterocycles. The monoisotopic (exact) mass is 290 g/mol. The summed E-state index contributed by atoms with van der Waals surface area (Å²) < 4.78 is 11.5. The number of rotatable bonds is 8. The van der Waals surface area contributed by atoms with Crippen molar-refractivity contribution in [1.29, 1.82) is 0 Å². The number of hydrogen-bond donors (Lipinski definition) is 0. The summed E-state index contributed by atoms with van der Waals surface area (Å²) in [5, 5.41) is 0. The molecule has 0 fully saturated rings. The Kier molecular flexibility index (Phi) is 7.21. The Morgan fingerprint density at radius 1 is 1.24 bits per heavy atom. The van der Waals surface area contributed by atoms with E-state index in [1.54, 1.807) is 11.4 Å². The maximum absolute atomic E-state index is 5.86. The SMILES string of the molecule is CCCCSP(=S)(OCC)Oc1ccccc1. The van der Waals surface area contributed by atoms with Crippen molar-refractivity contribution in [2.24, 2.45) is 0 Å². The van der Waals surface area contributed by atoms with Gasteiger partial charge < -0.3 is 9.05 Å². The van der Waals surface area contributed by atoms with Gasteiger partial charge in [0.25, 0.3) is 5.69 Å². The van der Waals surface area contributed by atoms with Gasteiger partial charge >= 0.3 is 0 Å². The smallest absolute Gasteiger partial charge is 0.297 e. The lowest BCUT2D eigenvalue weighted by Crippen LogP contribution is -1.95. The van der Waals surface area contributed by atoms with Crippen molar-refractivity contribution in [2.45, 2.75) is 26.7 Å². The Labute approximate surface area is 113 Å². The molecule has 0 aliphatic carbocycles. The highest BCUT2D eigenvalue weighted by Gasteiger charge is 2.20. The second kappa shape index (κ2) is 8.15. The van der Waals surface area contributed by atoms with Crippen molar-refractivity contribution in [3.63, 3.8) is 0 Å². The molecule has 1 rings (SSSR count). The van der Waals surface area contributed by atoms with Crippen LogP contribution in [0.4, 0.5) is 0 Å². The van der Waals surface area contributed by atoms with Gasteiger partial charge in [-0.05, 0) is 37.3 Å². The van der Waals surface area contributed by atoms with E-state index in [-0.39, 0.29) is 0 Å². The highest BCUT2D eigenvalue weighted by Crippen LogP contribution is 2.60. The molecule has 0 spiro atoms. The highest BCUT2D eigenvalue weighted by molar-refractivity contribution is 8.68. The number of unbranched alkanes of at least 4 members (excludes halogenated alkanes) is 1. The van der Waals surface area contributed by atoms with Crippen molar-refractivity contribution in [3.8, 4) is 5.75 Å². The topological polar surface area (TPSA) is 18.5 Å². The Hall–Kier alpha value is -0.0200. The summed E-state index contributed by atoms with van der Waals surface area (Å²) in [6, 6.07) is 9.68. The Bertz CT molecular complexity index is 357. The first kappa shape index (κ1) is 15.0. The van der Waals surface area contributed by atoms with Crippen LogP contribution in [0.25, 0.3) is 0 Å². The molecule has 1 aromatic carbocycles.